The lowest BCUT2D eigenvalue weighted by molar-refractivity contribution is 0.102. The third kappa shape index (κ3) is 4.66. The number of rotatable bonds is 6. The predicted molar refractivity (Wildman–Crippen MR) is 104 cm³/mol. The largest absolute Gasteiger partial charge is 0.475 e. The first kappa shape index (κ1) is 19.4. The zero-order valence-corrected chi connectivity index (χ0v) is 16.3. The number of pyridine rings is 1. The molecule has 0 spiro atoms. The van der Waals surface area contributed by atoms with E-state index in [1.807, 2.05) is 13.8 Å². The van der Waals surface area contributed by atoms with Crippen molar-refractivity contribution < 1.29 is 17.9 Å². The topological polar surface area (TPSA) is 85.4 Å². The minimum absolute atomic E-state index is 0.0104. The fourth-order valence-electron chi connectivity index (χ4n) is 3.15. The molecule has 0 saturated heterocycles. The zero-order chi connectivity index (χ0) is 19.4. The number of benzene rings is 1. The second-order valence-electron chi connectivity index (χ2n) is 6.98. The van der Waals surface area contributed by atoms with Crippen LogP contribution in [0.5, 0.6) is 5.88 Å². The second-order valence-corrected chi connectivity index (χ2v) is 9.21. The van der Waals surface area contributed by atoms with Gasteiger partial charge in [0.25, 0.3) is 5.91 Å². The van der Waals surface area contributed by atoms with Crippen LogP contribution >= 0.6 is 0 Å². The van der Waals surface area contributed by atoms with E-state index in [4.69, 9.17) is 4.74 Å². The molecule has 0 bridgehead atoms. The number of sulfone groups is 1. The number of aromatic nitrogens is 1. The average molecular weight is 388 g/mol. The van der Waals surface area contributed by atoms with E-state index in [1.165, 1.54) is 6.20 Å². The molecule has 1 fully saturated rings. The molecule has 1 aromatic heterocycles. The van der Waals surface area contributed by atoms with Crippen molar-refractivity contribution in [3.63, 3.8) is 0 Å². The smallest absolute Gasteiger partial charge is 0.257 e. The molecule has 1 heterocycles. The van der Waals surface area contributed by atoms with E-state index in [2.05, 4.69) is 10.3 Å². The van der Waals surface area contributed by atoms with Gasteiger partial charge in [-0.15, -0.1) is 0 Å². The highest BCUT2D eigenvalue weighted by Gasteiger charge is 2.30. The number of anilines is 1. The third-order valence-electron chi connectivity index (χ3n) is 4.54. The summed E-state index contributed by atoms with van der Waals surface area (Å²) in [5.74, 6) is 0.146. The van der Waals surface area contributed by atoms with Gasteiger partial charge in [-0.3, -0.25) is 4.79 Å². The van der Waals surface area contributed by atoms with Crippen molar-refractivity contribution in [3.05, 3.63) is 48.2 Å². The number of carbonyl (C=O) groups excluding carboxylic acids is 1. The van der Waals surface area contributed by atoms with Crippen molar-refractivity contribution in [2.24, 2.45) is 0 Å². The molecule has 6 nitrogen and oxygen atoms in total. The van der Waals surface area contributed by atoms with Gasteiger partial charge < -0.3 is 10.1 Å². The second kappa shape index (κ2) is 8.08. The predicted octanol–water partition coefficient (Wildman–Crippen LogP) is 3.84. The maximum absolute atomic E-state index is 12.6. The maximum atomic E-state index is 12.6. The van der Waals surface area contributed by atoms with Crippen LogP contribution in [0.3, 0.4) is 0 Å². The van der Waals surface area contributed by atoms with Crippen molar-refractivity contribution in [1.82, 2.24) is 4.98 Å². The molecular weight excluding hydrogens is 364 g/mol. The molecular formula is C20H24N2O4S. The molecule has 144 valence electrons. The van der Waals surface area contributed by atoms with Crippen LogP contribution in [0.4, 0.5) is 5.69 Å². The van der Waals surface area contributed by atoms with Gasteiger partial charge in [0.05, 0.1) is 21.8 Å². The van der Waals surface area contributed by atoms with Gasteiger partial charge in [-0.05, 0) is 57.0 Å². The molecule has 1 amide bonds. The summed E-state index contributed by atoms with van der Waals surface area (Å²) in [7, 11) is -3.29. The van der Waals surface area contributed by atoms with Crippen LogP contribution in [-0.2, 0) is 9.84 Å². The van der Waals surface area contributed by atoms with Crippen LogP contribution in [-0.4, -0.2) is 30.7 Å². The Labute approximate surface area is 159 Å². The Morgan fingerprint density at radius 3 is 2.33 bits per heavy atom. The van der Waals surface area contributed by atoms with Gasteiger partial charge in [-0.25, -0.2) is 13.4 Å². The molecule has 1 aromatic carbocycles. The van der Waals surface area contributed by atoms with E-state index in [0.29, 0.717) is 22.0 Å². The van der Waals surface area contributed by atoms with Gasteiger partial charge in [0.15, 0.2) is 9.84 Å². The number of hydrogen-bond donors (Lipinski definition) is 1. The number of nitrogens with one attached hydrogen (secondary N) is 1. The molecule has 27 heavy (non-hydrogen) atoms. The quantitative estimate of drug-likeness (QED) is 0.813. The Hall–Kier alpha value is -2.41. The van der Waals surface area contributed by atoms with E-state index in [0.717, 1.165) is 25.7 Å². The highest BCUT2D eigenvalue weighted by atomic mass is 32.2. The fraction of sp³-hybridized carbons (Fsp3) is 0.400. The van der Waals surface area contributed by atoms with E-state index < -0.39 is 9.84 Å². The summed E-state index contributed by atoms with van der Waals surface area (Å²) in [4.78, 5) is 16.7. The summed E-state index contributed by atoms with van der Waals surface area (Å²) in [6.45, 7) is 3.80. The lowest BCUT2D eigenvalue weighted by atomic mass is 10.2. The average Bonchev–Trinajstić information content (AvgIpc) is 3.18. The van der Waals surface area contributed by atoms with Gasteiger partial charge in [-0.2, -0.15) is 0 Å². The third-order valence-corrected chi connectivity index (χ3v) is 6.82. The van der Waals surface area contributed by atoms with E-state index in [-0.39, 0.29) is 17.3 Å². The van der Waals surface area contributed by atoms with Crippen LogP contribution < -0.4 is 10.1 Å². The van der Waals surface area contributed by atoms with Crippen molar-refractivity contribution >= 4 is 21.4 Å². The molecule has 2 aromatic rings. The first-order chi connectivity index (χ1) is 12.9. The number of ether oxygens (including phenoxy) is 1. The summed E-state index contributed by atoms with van der Waals surface area (Å²) < 4.78 is 30.6. The molecule has 7 heteroatoms. The van der Waals surface area contributed by atoms with Crippen LogP contribution in [0.2, 0.25) is 0 Å². The minimum Gasteiger partial charge on any atom is -0.475 e. The maximum Gasteiger partial charge on any atom is 0.257 e. The van der Waals surface area contributed by atoms with Crippen LogP contribution in [0.15, 0.2) is 47.5 Å². The van der Waals surface area contributed by atoms with Gasteiger partial charge in [-0.1, -0.05) is 12.8 Å². The first-order valence-corrected chi connectivity index (χ1v) is 10.7. The molecule has 3 rings (SSSR count). The molecule has 0 radical (unpaired) electrons. The standard InChI is InChI=1S/C20H24N2O4S/c1-14(2)26-19-12-7-15(13-21-19)20(23)22-16-8-10-18(11-9-16)27(24,25)17-5-3-4-6-17/h7-14,17H,3-6H2,1-2H3,(H,22,23). The lowest BCUT2D eigenvalue weighted by Crippen LogP contribution is -2.18. The van der Waals surface area contributed by atoms with Gasteiger partial charge in [0.1, 0.15) is 0 Å². The van der Waals surface area contributed by atoms with E-state index in [9.17, 15) is 13.2 Å². The van der Waals surface area contributed by atoms with Gasteiger partial charge in [0, 0.05) is 18.0 Å². The van der Waals surface area contributed by atoms with Crippen molar-refractivity contribution in [1.29, 1.82) is 0 Å². The highest BCUT2D eigenvalue weighted by Crippen LogP contribution is 2.30. The normalized spacial score (nSPS) is 15.1. The number of nitrogens with zero attached hydrogens (tertiary/aromatic N) is 1. The Morgan fingerprint density at radius 2 is 1.78 bits per heavy atom. The Morgan fingerprint density at radius 1 is 1.11 bits per heavy atom. The monoisotopic (exact) mass is 388 g/mol. The summed E-state index contributed by atoms with van der Waals surface area (Å²) in [5, 5.41) is 2.47. The van der Waals surface area contributed by atoms with Gasteiger partial charge >= 0.3 is 0 Å². The number of carbonyl (C=O) groups is 1. The van der Waals surface area contributed by atoms with E-state index >= 15 is 0 Å². The number of hydrogen-bond acceptors (Lipinski definition) is 5. The summed E-state index contributed by atoms with van der Waals surface area (Å²) in [5.41, 5.74) is 0.932. The van der Waals surface area contributed by atoms with Crippen molar-refractivity contribution in [2.45, 2.75) is 55.8 Å². The molecule has 0 aliphatic heterocycles. The Balaban J connectivity index is 1.66. The molecule has 1 aliphatic carbocycles. The van der Waals surface area contributed by atoms with Crippen LogP contribution in [0.1, 0.15) is 49.9 Å². The number of amides is 1. The first-order valence-electron chi connectivity index (χ1n) is 9.14. The Kier molecular flexibility index (Phi) is 5.79. The summed E-state index contributed by atoms with van der Waals surface area (Å²) >= 11 is 0. The van der Waals surface area contributed by atoms with Crippen LogP contribution in [0.25, 0.3) is 0 Å². The summed E-state index contributed by atoms with van der Waals surface area (Å²) in [6, 6.07) is 9.63. The summed E-state index contributed by atoms with van der Waals surface area (Å²) in [6.07, 6.45) is 4.84. The molecule has 0 atom stereocenters. The molecule has 1 aliphatic rings. The highest BCUT2D eigenvalue weighted by molar-refractivity contribution is 7.92. The van der Waals surface area contributed by atoms with Crippen LogP contribution in [0, 0.1) is 0 Å². The van der Waals surface area contributed by atoms with E-state index in [1.54, 1.807) is 36.4 Å². The Bertz CT molecular complexity index is 885. The van der Waals surface area contributed by atoms with Crippen molar-refractivity contribution in [3.8, 4) is 5.88 Å². The zero-order valence-electron chi connectivity index (χ0n) is 15.5. The van der Waals surface area contributed by atoms with Crippen molar-refractivity contribution in [2.75, 3.05) is 5.32 Å². The molecule has 1 saturated carbocycles. The van der Waals surface area contributed by atoms with Gasteiger partial charge in [0.2, 0.25) is 5.88 Å². The molecule has 0 unspecified atom stereocenters. The fourth-order valence-corrected chi connectivity index (χ4v) is 5.00. The molecule has 1 N–H and O–H groups in total. The minimum atomic E-state index is -3.29. The SMILES string of the molecule is CC(C)Oc1ccc(C(=O)Nc2ccc(S(=O)(=O)C3CCCC3)cc2)cn1. The lowest BCUT2D eigenvalue weighted by Gasteiger charge is -2.12.